The summed E-state index contributed by atoms with van der Waals surface area (Å²) in [4.78, 5) is 0. The van der Waals surface area contributed by atoms with E-state index in [1.807, 2.05) is 19.9 Å². The highest BCUT2D eigenvalue weighted by molar-refractivity contribution is 9.10. The minimum atomic E-state index is -0.0750. The van der Waals surface area contributed by atoms with Gasteiger partial charge in [0.25, 0.3) is 0 Å². The molecule has 0 saturated heterocycles. The van der Waals surface area contributed by atoms with Gasteiger partial charge in [0.1, 0.15) is 6.07 Å². The Morgan fingerprint density at radius 1 is 1.40 bits per heavy atom. The third kappa shape index (κ3) is 2.49. The summed E-state index contributed by atoms with van der Waals surface area (Å²) < 4.78 is 0.729. The fraction of sp³-hybridized carbons (Fsp3) is 0.364. The van der Waals surface area contributed by atoms with Crippen molar-refractivity contribution >= 4 is 21.6 Å². The number of hydrogen-bond donors (Lipinski definition) is 2. The third-order valence-corrected chi connectivity index (χ3v) is 3.03. The Hall–Kier alpha value is -1.05. The van der Waals surface area contributed by atoms with Crippen LogP contribution in [0.25, 0.3) is 0 Å². The average Bonchev–Trinajstić information content (AvgIpc) is 2.20. The molecule has 1 aromatic rings. The number of hydrogen-bond acceptors (Lipinski definition) is 3. The molecule has 0 fully saturated rings. The SMILES string of the molecule is CC(C)C(N)c1cc(Br)c(N)c(C#N)c1. The number of nitriles is 1. The maximum atomic E-state index is 8.90. The molecule has 1 unspecified atom stereocenters. The molecule has 15 heavy (non-hydrogen) atoms. The first-order chi connectivity index (χ1) is 6.97. The fourth-order valence-corrected chi connectivity index (χ4v) is 1.79. The molecule has 0 heterocycles. The van der Waals surface area contributed by atoms with E-state index >= 15 is 0 Å². The summed E-state index contributed by atoms with van der Waals surface area (Å²) in [6.07, 6.45) is 0. The molecule has 1 atom stereocenters. The highest BCUT2D eigenvalue weighted by Crippen LogP contribution is 2.29. The molecule has 0 amide bonds. The lowest BCUT2D eigenvalue weighted by atomic mass is 9.95. The molecule has 4 N–H and O–H groups in total. The second-order valence-electron chi connectivity index (χ2n) is 3.85. The van der Waals surface area contributed by atoms with E-state index in [2.05, 4.69) is 22.0 Å². The van der Waals surface area contributed by atoms with Crippen LogP contribution in [0.15, 0.2) is 16.6 Å². The Kier molecular flexibility index (Phi) is 3.72. The van der Waals surface area contributed by atoms with Crippen molar-refractivity contribution in [3.8, 4) is 6.07 Å². The lowest BCUT2D eigenvalue weighted by Crippen LogP contribution is -2.17. The van der Waals surface area contributed by atoms with Crippen LogP contribution in [0.2, 0.25) is 0 Å². The second kappa shape index (κ2) is 4.65. The standard InChI is InChI=1S/C11H14BrN3/c1-6(2)10(14)7-3-8(5-13)11(15)9(12)4-7/h3-4,6,10H,14-15H2,1-2H3. The number of benzene rings is 1. The van der Waals surface area contributed by atoms with Gasteiger partial charge in [-0.25, -0.2) is 0 Å². The van der Waals surface area contributed by atoms with Crippen molar-refractivity contribution in [1.29, 1.82) is 5.26 Å². The van der Waals surface area contributed by atoms with Crippen LogP contribution in [0.1, 0.15) is 31.0 Å². The van der Waals surface area contributed by atoms with E-state index in [1.54, 1.807) is 6.07 Å². The van der Waals surface area contributed by atoms with Crippen LogP contribution in [-0.2, 0) is 0 Å². The predicted octanol–water partition coefficient (Wildman–Crippen LogP) is 2.56. The van der Waals surface area contributed by atoms with E-state index in [0.29, 0.717) is 17.2 Å². The zero-order valence-electron chi connectivity index (χ0n) is 8.79. The summed E-state index contributed by atoms with van der Waals surface area (Å²) in [7, 11) is 0. The van der Waals surface area contributed by atoms with Gasteiger partial charge in [0.2, 0.25) is 0 Å². The van der Waals surface area contributed by atoms with Gasteiger partial charge >= 0.3 is 0 Å². The number of halogens is 1. The Labute approximate surface area is 98.2 Å². The number of nitrogen functional groups attached to an aromatic ring is 1. The molecule has 3 nitrogen and oxygen atoms in total. The first kappa shape index (κ1) is 12.0. The third-order valence-electron chi connectivity index (χ3n) is 2.38. The van der Waals surface area contributed by atoms with Gasteiger partial charge in [-0.1, -0.05) is 13.8 Å². The van der Waals surface area contributed by atoms with Crippen molar-refractivity contribution in [3.05, 3.63) is 27.7 Å². The van der Waals surface area contributed by atoms with Crippen LogP contribution in [-0.4, -0.2) is 0 Å². The maximum Gasteiger partial charge on any atom is 0.101 e. The Morgan fingerprint density at radius 3 is 2.47 bits per heavy atom. The normalized spacial score (nSPS) is 12.5. The minimum absolute atomic E-state index is 0.0750. The molecular weight excluding hydrogens is 254 g/mol. The highest BCUT2D eigenvalue weighted by Gasteiger charge is 2.14. The van der Waals surface area contributed by atoms with E-state index in [0.717, 1.165) is 10.0 Å². The first-order valence-corrected chi connectivity index (χ1v) is 5.51. The summed E-state index contributed by atoms with van der Waals surface area (Å²) >= 11 is 3.32. The smallest absolute Gasteiger partial charge is 0.101 e. The van der Waals surface area contributed by atoms with Gasteiger partial charge in [0.15, 0.2) is 0 Å². The van der Waals surface area contributed by atoms with Crippen molar-refractivity contribution in [2.45, 2.75) is 19.9 Å². The molecule has 1 rings (SSSR count). The fourth-order valence-electron chi connectivity index (χ4n) is 1.31. The molecule has 0 aliphatic heterocycles. The summed E-state index contributed by atoms with van der Waals surface area (Å²) in [5, 5.41) is 8.90. The molecule has 0 radical (unpaired) electrons. The van der Waals surface area contributed by atoms with E-state index in [4.69, 9.17) is 16.7 Å². The van der Waals surface area contributed by atoms with Gasteiger partial charge in [-0.15, -0.1) is 0 Å². The lowest BCUT2D eigenvalue weighted by Gasteiger charge is -2.17. The van der Waals surface area contributed by atoms with E-state index < -0.39 is 0 Å². The van der Waals surface area contributed by atoms with Crippen LogP contribution in [0.5, 0.6) is 0 Å². The monoisotopic (exact) mass is 267 g/mol. The topological polar surface area (TPSA) is 75.8 Å². The van der Waals surface area contributed by atoms with Crippen molar-refractivity contribution in [1.82, 2.24) is 0 Å². The highest BCUT2D eigenvalue weighted by atomic mass is 79.9. The van der Waals surface area contributed by atoms with Crippen molar-refractivity contribution < 1.29 is 0 Å². The Morgan fingerprint density at radius 2 is 2.00 bits per heavy atom. The molecular formula is C11H14BrN3. The molecule has 0 saturated carbocycles. The van der Waals surface area contributed by atoms with Crippen molar-refractivity contribution in [3.63, 3.8) is 0 Å². The summed E-state index contributed by atoms with van der Waals surface area (Å²) in [5.41, 5.74) is 13.6. The van der Waals surface area contributed by atoms with Gasteiger partial charge in [0.05, 0.1) is 11.3 Å². The molecule has 0 aromatic heterocycles. The number of nitrogens with two attached hydrogens (primary N) is 2. The average molecular weight is 268 g/mol. The Bertz CT molecular complexity index is 407. The zero-order valence-corrected chi connectivity index (χ0v) is 10.4. The molecule has 0 aliphatic carbocycles. The van der Waals surface area contributed by atoms with Gasteiger partial charge < -0.3 is 11.5 Å². The van der Waals surface area contributed by atoms with Crippen LogP contribution >= 0.6 is 15.9 Å². The molecule has 0 bridgehead atoms. The van der Waals surface area contributed by atoms with Crippen molar-refractivity contribution in [2.75, 3.05) is 5.73 Å². The summed E-state index contributed by atoms with van der Waals surface area (Å²) in [6, 6.07) is 5.62. The largest absolute Gasteiger partial charge is 0.397 e. The van der Waals surface area contributed by atoms with Crippen LogP contribution in [0.4, 0.5) is 5.69 Å². The molecule has 4 heteroatoms. The van der Waals surface area contributed by atoms with Gasteiger partial charge in [-0.3, -0.25) is 0 Å². The van der Waals surface area contributed by atoms with Crippen molar-refractivity contribution in [2.24, 2.45) is 11.7 Å². The van der Waals surface area contributed by atoms with Crippen LogP contribution in [0, 0.1) is 17.2 Å². The molecule has 80 valence electrons. The number of nitrogens with zero attached hydrogens (tertiary/aromatic N) is 1. The Balaban J connectivity index is 3.24. The molecule has 0 aliphatic rings. The summed E-state index contributed by atoms with van der Waals surface area (Å²) in [5.74, 6) is 0.326. The second-order valence-corrected chi connectivity index (χ2v) is 4.70. The van der Waals surface area contributed by atoms with Gasteiger partial charge in [0, 0.05) is 10.5 Å². The van der Waals surface area contributed by atoms with Crippen LogP contribution < -0.4 is 11.5 Å². The number of rotatable bonds is 2. The molecule has 1 aromatic carbocycles. The van der Waals surface area contributed by atoms with E-state index in [9.17, 15) is 0 Å². The molecule has 0 spiro atoms. The number of anilines is 1. The minimum Gasteiger partial charge on any atom is -0.397 e. The van der Waals surface area contributed by atoms with Gasteiger partial charge in [-0.05, 0) is 39.5 Å². The van der Waals surface area contributed by atoms with E-state index in [1.165, 1.54) is 0 Å². The lowest BCUT2D eigenvalue weighted by molar-refractivity contribution is 0.514. The quantitative estimate of drug-likeness (QED) is 0.809. The zero-order chi connectivity index (χ0) is 11.6. The van der Waals surface area contributed by atoms with Crippen LogP contribution in [0.3, 0.4) is 0 Å². The van der Waals surface area contributed by atoms with E-state index in [-0.39, 0.29) is 6.04 Å². The summed E-state index contributed by atoms with van der Waals surface area (Å²) in [6.45, 7) is 4.09. The first-order valence-electron chi connectivity index (χ1n) is 4.72. The predicted molar refractivity (Wildman–Crippen MR) is 65.0 cm³/mol. The van der Waals surface area contributed by atoms with Gasteiger partial charge in [-0.2, -0.15) is 5.26 Å². The maximum absolute atomic E-state index is 8.90.